The third-order valence-corrected chi connectivity index (χ3v) is 1.98. The van der Waals surface area contributed by atoms with Crippen molar-refractivity contribution in [2.75, 3.05) is 6.54 Å². The van der Waals surface area contributed by atoms with Crippen LogP contribution in [0.5, 0.6) is 0 Å². The van der Waals surface area contributed by atoms with E-state index in [4.69, 9.17) is 5.73 Å². The van der Waals surface area contributed by atoms with E-state index in [2.05, 4.69) is 30.8 Å². The highest BCUT2D eigenvalue weighted by Crippen LogP contribution is 2.08. The number of rotatable bonds is 2. The van der Waals surface area contributed by atoms with Crippen LogP contribution in [-0.2, 0) is 0 Å². The lowest BCUT2D eigenvalue weighted by molar-refractivity contribution is 0.478. The second kappa shape index (κ2) is 4.68. The van der Waals surface area contributed by atoms with Crippen LogP contribution in [0.2, 0.25) is 0 Å². The molecule has 0 aromatic carbocycles. The van der Waals surface area contributed by atoms with Crippen molar-refractivity contribution < 1.29 is 0 Å². The maximum atomic E-state index is 5.27. The zero-order chi connectivity index (χ0) is 9.68. The summed E-state index contributed by atoms with van der Waals surface area (Å²) >= 11 is 0. The summed E-state index contributed by atoms with van der Waals surface area (Å²) in [4.78, 5) is 0. The summed E-state index contributed by atoms with van der Waals surface area (Å²) in [5.41, 5.74) is 6.20. The Labute approximate surface area is 78.9 Å². The van der Waals surface area contributed by atoms with Gasteiger partial charge in [0.05, 0.1) is 18.3 Å². The summed E-state index contributed by atoms with van der Waals surface area (Å²) in [6, 6.07) is 0.438. The van der Waals surface area contributed by atoms with Gasteiger partial charge in [0, 0.05) is 12.2 Å². The van der Waals surface area contributed by atoms with Crippen LogP contribution in [0, 0.1) is 11.8 Å². The second-order valence-electron chi connectivity index (χ2n) is 2.97. The minimum atomic E-state index is 0.397. The van der Waals surface area contributed by atoms with Crippen LogP contribution in [0.4, 0.5) is 0 Å². The molecule has 1 aromatic rings. The van der Waals surface area contributed by atoms with Crippen molar-refractivity contribution in [2.45, 2.75) is 26.3 Å². The number of hydrogen-bond donors (Lipinski definition) is 1. The van der Waals surface area contributed by atoms with E-state index in [1.54, 1.807) is 6.20 Å². The maximum absolute atomic E-state index is 5.27. The van der Waals surface area contributed by atoms with Crippen LogP contribution >= 0.6 is 0 Å². The Kier molecular flexibility index (Phi) is 3.53. The molecule has 0 fully saturated rings. The van der Waals surface area contributed by atoms with Crippen molar-refractivity contribution in [2.24, 2.45) is 5.73 Å². The summed E-state index contributed by atoms with van der Waals surface area (Å²) < 4.78 is 1.93. The Morgan fingerprint density at radius 2 is 2.46 bits per heavy atom. The van der Waals surface area contributed by atoms with Crippen molar-refractivity contribution in [1.82, 2.24) is 9.78 Å². The van der Waals surface area contributed by atoms with Gasteiger partial charge in [0.25, 0.3) is 0 Å². The zero-order valence-corrected chi connectivity index (χ0v) is 8.12. The Morgan fingerprint density at radius 3 is 3.08 bits per heavy atom. The van der Waals surface area contributed by atoms with Gasteiger partial charge in [-0.05, 0) is 13.3 Å². The Hall–Kier alpha value is -1.27. The van der Waals surface area contributed by atoms with Gasteiger partial charge in [0.1, 0.15) is 0 Å². The van der Waals surface area contributed by atoms with Gasteiger partial charge in [-0.15, -0.1) is 0 Å². The average molecular weight is 177 g/mol. The van der Waals surface area contributed by atoms with Crippen LogP contribution in [-0.4, -0.2) is 16.3 Å². The molecule has 3 nitrogen and oxygen atoms in total. The highest BCUT2D eigenvalue weighted by Gasteiger charge is 2.01. The van der Waals surface area contributed by atoms with Crippen LogP contribution < -0.4 is 5.73 Å². The average Bonchev–Trinajstić information content (AvgIpc) is 2.62. The second-order valence-corrected chi connectivity index (χ2v) is 2.97. The molecule has 0 amide bonds. The lowest BCUT2D eigenvalue weighted by Crippen LogP contribution is -2.03. The van der Waals surface area contributed by atoms with E-state index in [1.165, 1.54) is 0 Å². The molecule has 0 spiro atoms. The van der Waals surface area contributed by atoms with Gasteiger partial charge >= 0.3 is 0 Å². The molecule has 13 heavy (non-hydrogen) atoms. The molecule has 1 heterocycles. The van der Waals surface area contributed by atoms with Crippen molar-refractivity contribution >= 4 is 0 Å². The number of aromatic nitrogens is 2. The Morgan fingerprint density at radius 1 is 1.69 bits per heavy atom. The molecule has 0 aliphatic heterocycles. The lowest BCUT2D eigenvalue weighted by Gasteiger charge is -2.07. The van der Waals surface area contributed by atoms with Crippen LogP contribution in [0.3, 0.4) is 0 Å². The maximum Gasteiger partial charge on any atom is 0.0646 e. The molecule has 0 saturated carbocycles. The van der Waals surface area contributed by atoms with E-state index in [1.807, 2.05) is 10.9 Å². The molecule has 0 radical (unpaired) electrons. The number of hydrogen-bond acceptors (Lipinski definition) is 2. The van der Waals surface area contributed by atoms with Crippen molar-refractivity contribution in [3.05, 3.63) is 18.0 Å². The molecule has 1 rings (SSSR count). The quantitative estimate of drug-likeness (QED) is 0.689. The molecule has 3 heteroatoms. The van der Waals surface area contributed by atoms with Crippen LogP contribution in [0.1, 0.15) is 31.9 Å². The minimum Gasteiger partial charge on any atom is -0.320 e. The van der Waals surface area contributed by atoms with Gasteiger partial charge in [-0.1, -0.05) is 18.8 Å². The molecule has 1 aromatic heterocycles. The monoisotopic (exact) mass is 177 g/mol. The summed E-state index contributed by atoms with van der Waals surface area (Å²) in [6.45, 7) is 4.67. The van der Waals surface area contributed by atoms with Crippen molar-refractivity contribution in [3.8, 4) is 11.8 Å². The normalized spacial score (nSPS) is 11.9. The van der Waals surface area contributed by atoms with Gasteiger partial charge in [0.2, 0.25) is 0 Å². The van der Waals surface area contributed by atoms with Crippen molar-refractivity contribution in [3.63, 3.8) is 0 Å². The SMILES string of the molecule is CC[C@H](C)n1cc(C#CCN)cn1. The van der Waals surface area contributed by atoms with Crippen molar-refractivity contribution in [1.29, 1.82) is 0 Å². The summed E-state index contributed by atoms with van der Waals surface area (Å²) in [6.07, 6.45) is 4.80. The number of nitrogens with zero attached hydrogens (tertiary/aromatic N) is 2. The van der Waals surface area contributed by atoms with Gasteiger partial charge in [-0.25, -0.2) is 0 Å². The molecule has 0 aliphatic rings. The first-order valence-electron chi connectivity index (χ1n) is 4.51. The van der Waals surface area contributed by atoms with Gasteiger partial charge in [0.15, 0.2) is 0 Å². The largest absolute Gasteiger partial charge is 0.320 e. The minimum absolute atomic E-state index is 0.397. The molecular formula is C10H15N3. The smallest absolute Gasteiger partial charge is 0.0646 e. The van der Waals surface area contributed by atoms with Gasteiger partial charge < -0.3 is 5.73 Å². The summed E-state index contributed by atoms with van der Waals surface area (Å²) in [5, 5.41) is 4.21. The highest BCUT2D eigenvalue weighted by molar-refractivity contribution is 5.29. The molecule has 0 bridgehead atoms. The molecule has 2 N–H and O–H groups in total. The molecule has 70 valence electrons. The third kappa shape index (κ3) is 2.60. The summed E-state index contributed by atoms with van der Waals surface area (Å²) in [7, 11) is 0. The fraction of sp³-hybridized carbons (Fsp3) is 0.500. The third-order valence-electron chi connectivity index (χ3n) is 1.98. The zero-order valence-electron chi connectivity index (χ0n) is 8.12. The molecular weight excluding hydrogens is 162 g/mol. The first-order valence-corrected chi connectivity index (χ1v) is 4.51. The summed E-state index contributed by atoms with van der Waals surface area (Å²) in [5.74, 6) is 5.74. The van der Waals surface area contributed by atoms with E-state index >= 15 is 0 Å². The Bertz CT molecular complexity index is 316. The van der Waals surface area contributed by atoms with Gasteiger partial charge in [-0.3, -0.25) is 4.68 Å². The fourth-order valence-corrected chi connectivity index (χ4v) is 0.984. The molecule has 1 atom stereocenters. The first kappa shape index (κ1) is 9.82. The fourth-order valence-electron chi connectivity index (χ4n) is 0.984. The molecule has 0 unspecified atom stereocenters. The van der Waals surface area contributed by atoms with E-state index in [0.29, 0.717) is 12.6 Å². The topological polar surface area (TPSA) is 43.8 Å². The Balaban J connectivity index is 2.74. The van der Waals surface area contributed by atoms with Gasteiger partial charge in [-0.2, -0.15) is 5.10 Å². The molecule has 0 aliphatic carbocycles. The van der Waals surface area contributed by atoms with E-state index in [9.17, 15) is 0 Å². The predicted molar refractivity (Wildman–Crippen MR) is 53.2 cm³/mol. The van der Waals surface area contributed by atoms with E-state index in [-0.39, 0.29) is 0 Å². The predicted octanol–water partition coefficient (Wildman–Crippen LogP) is 1.16. The molecule has 0 saturated heterocycles. The highest BCUT2D eigenvalue weighted by atomic mass is 15.3. The van der Waals surface area contributed by atoms with E-state index in [0.717, 1.165) is 12.0 Å². The van der Waals surface area contributed by atoms with Crippen LogP contribution in [0.25, 0.3) is 0 Å². The first-order chi connectivity index (χ1) is 6.27. The lowest BCUT2D eigenvalue weighted by atomic mass is 10.3. The van der Waals surface area contributed by atoms with Crippen LogP contribution in [0.15, 0.2) is 12.4 Å². The van der Waals surface area contributed by atoms with E-state index < -0.39 is 0 Å². The number of nitrogens with two attached hydrogens (primary N) is 1. The standard InChI is InChI=1S/C10H15N3/c1-3-9(2)13-8-10(7-12-13)5-4-6-11/h7-9H,3,6,11H2,1-2H3/t9-/m0/s1.